The predicted molar refractivity (Wildman–Crippen MR) is 78.3 cm³/mol. The van der Waals surface area contributed by atoms with Crippen molar-refractivity contribution in [1.29, 1.82) is 0 Å². The predicted octanol–water partition coefficient (Wildman–Crippen LogP) is 3.69. The maximum Gasteiger partial charge on any atom is 0.0850 e. The third-order valence-corrected chi connectivity index (χ3v) is 3.24. The maximum atomic E-state index is 5.23. The summed E-state index contributed by atoms with van der Waals surface area (Å²) in [4.78, 5) is 4.47. The van der Waals surface area contributed by atoms with E-state index in [0.717, 1.165) is 24.3 Å². The highest BCUT2D eigenvalue weighted by Crippen LogP contribution is 2.17. The first-order valence-corrected chi connectivity index (χ1v) is 6.61. The molecule has 0 amide bonds. The molecule has 1 unspecified atom stereocenters. The zero-order valence-electron chi connectivity index (χ0n) is 11.0. The Kier molecular flexibility index (Phi) is 3.43. The lowest BCUT2D eigenvalue weighted by molar-refractivity contribution is 0.407. The van der Waals surface area contributed by atoms with Crippen LogP contribution >= 0.6 is 0 Å². The second-order valence-corrected chi connectivity index (χ2v) is 4.99. The first kappa shape index (κ1) is 12.1. The van der Waals surface area contributed by atoms with Crippen molar-refractivity contribution in [2.24, 2.45) is 4.99 Å². The minimum Gasteiger partial charge on any atom is -0.373 e. The maximum absolute atomic E-state index is 5.23. The molecule has 1 fully saturated rings. The van der Waals surface area contributed by atoms with Crippen molar-refractivity contribution in [1.82, 2.24) is 0 Å². The van der Waals surface area contributed by atoms with E-state index in [9.17, 15) is 0 Å². The molecule has 0 aromatic heterocycles. The van der Waals surface area contributed by atoms with Gasteiger partial charge in [-0.15, -0.1) is 0 Å². The van der Waals surface area contributed by atoms with Gasteiger partial charge in [0.15, 0.2) is 0 Å². The summed E-state index contributed by atoms with van der Waals surface area (Å²) in [6.07, 6.45) is 3.38. The third-order valence-electron chi connectivity index (χ3n) is 3.24. The molecule has 2 nitrogen and oxygen atoms in total. The standard InChI is InChI=1S/C17H17NO/c1-13-2-8-16(9-3-13)18-11-15-6-4-14(5-7-15)10-17-12-19-17/h2-9,11,17H,10,12H2,1H3. The molecule has 1 heterocycles. The Morgan fingerprint density at radius 1 is 1.11 bits per heavy atom. The quantitative estimate of drug-likeness (QED) is 0.601. The van der Waals surface area contributed by atoms with E-state index in [1.54, 1.807) is 0 Å². The highest BCUT2D eigenvalue weighted by atomic mass is 16.6. The molecule has 0 N–H and O–H groups in total. The summed E-state index contributed by atoms with van der Waals surface area (Å²) in [6.45, 7) is 2.99. The molecule has 96 valence electrons. The molecule has 0 spiro atoms. The Balaban J connectivity index is 1.66. The lowest BCUT2D eigenvalue weighted by atomic mass is 10.1. The van der Waals surface area contributed by atoms with Gasteiger partial charge in [-0.05, 0) is 30.2 Å². The Bertz CT molecular complexity index is 565. The second-order valence-electron chi connectivity index (χ2n) is 4.99. The summed E-state index contributed by atoms with van der Waals surface area (Å²) < 4.78 is 5.23. The highest BCUT2D eigenvalue weighted by molar-refractivity contribution is 5.81. The van der Waals surface area contributed by atoms with Crippen LogP contribution in [0.2, 0.25) is 0 Å². The Labute approximate surface area is 113 Å². The molecule has 2 aromatic rings. The van der Waals surface area contributed by atoms with Crippen LogP contribution in [0.3, 0.4) is 0 Å². The van der Waals surface area contributed by atoms with Crippen LogP contribution in [0.4, 0.5) is 5.69 Å². The number of aliphatic imine (C=N–C) groups is 1. The van der Waals surface area contributed by atoms with Crippen molar-refractivity contribution in [3.05, 3.63) is 65.2 Å². The highest BCUT2D eigenvalue weighted by Gasteiger charge is 2.22. The van der Waals surface area contributed by atoms with Crippen molar-refractivity contribution in [3.63, 3.8) is 0 Å². The van der Waals surface area contributed by atoms with Crippen molar-refractivity contribution < 1.29 is 4.74 Å². The number of benzene rings is 2. The fourth-order valence-corrected chi connectivity index (χ4v) is 1.97. The Morgan fingerprint density at radius 3 is 2.42 bits per heavy atom. The monoisotopic (exact) mass is 251 g/mol. The molecule has 0 saturated carbocycles. The number of hydrogen-bond acceptors (Lipinski definition) is 2. The fraction of sp³-hybridized carbons (Fsp3) is 0.235. The number of epoxide rings is 1. The van der Waals surface area contributed by atoms with Gasteiger partial charge >= 0.3 is 0 Å². The molecular formula is C17H17NO. The van der Waals surface area contributed by atoms with Crippen LogP contribution in [-0.4, -0.2) is 18.9 Å². The van der Waals surface area contributed by atoms with Crippen LogP contribution in [0.1, 0.15) is 16.7 Å². The van der Waals surface area contributed by atoms with Crippen LogP contribution < -0.4 is 0 Å². The average molecular weight is 251 g/mol. The van der Waals surface area contributed by atoms with Gasteiger partial charge in [0.2, 0.25) is 0 Å². The van der Waals surface area contributed by atoms with Crippen LogP contribution in [0, 0.1) is 6.92 Å². The Morgan fingerprint density at radius 2 is 1.79 bits per heavy atom. The molecule has 1 aliphatic rings. The van der Waals surface area contributed by atoms with Gasteiger partial charge in [-0.25, -0.2) is 0 Å². The molecule has 1 aliphatic heterocycles. The summed E-state index contributed by atoms with van der Waals surface area (Å²) in [5.74, 6) is 0. The lowest BCUT2D eigenvalue weighted by Gasteiger charge is -1.99. The molecule has 2 heteroatoms. The number of rotatable bonds is 4. The number of nitrogens with zero attached hydrogens (tertiary/aromatic N) is 1. The normalized spacial score (nSPS) is 17.8. The minimum absolute atomic E-state index is 0.451. The van der Waals surface area contributed by atoms with Gasteiger partial charge in [-0.2, -0.15) is 0 Å². The van der Waals surface area contributed by atoms with E-state index in [4.69, 9.17) is 4.74 Å². The van der Waals surface area contributed by atoms with Gasteiger partial charge in [0, 0.05) is 12.6 Å². The molecule has 0 radical (unpaired) electrons. The van der Waals surface area contributed by atoms with Gasteiger partial charge in [-0.3, -0.25) is 4.99 Å². The van der Waals surface area contributed by atoms with Crippen molar-refractivity contribution in [3.8, 4) is 0 Å². The molecule has 0 bridgehead atoms. The molecule has 3 rings (SSSR count). The summed E-state index contributed by atoms with van der Waals surface area (Å²) >= 11 is 0. The van der Waals surface area contributed by atoms with Crippen LogP contribution in [0.5, 0.6) is 0 Å². The molecular weight excluding hydrogens is 234 g/mol. The molecule has 19 heavy (non-hydrogen) atoms. The van der Waals surface area contributed by atoms with Crippen LogP contribution in [0.25, 0.3) is 0 Å². The van der Waals surface area contributed by atoms with E-state index in [2.05, 4.69) is 48.3 Å². The van der Waals surface area contributed by atoms with Gasteiger partial charge in [0.05, 0.1) is 18.4 Å². The SMILES string of the molecule is Cc1ccc(N=Cc2ccc(CC3CO3)cc2)cc1. The van der Waals surface area contributed by atoms with Crippen LogP contribution in [0.15, 0.2) is 53.5 Å². The summed E-state index contributed by atoms with van der Waals surface area (Å²) in [7, 11) is 0. The summed E-state index contributed by atoms with van der Waals surface area (Å²) in [6, 6.07) is 16.7. The van der Waals surface area contributed by atoms with E-state index in [0.29, 0.717) is 6.10 Å². The van der Waals surface area contributed by atoms with Gasteiger partial charge < -0.3 is 4.74 Å². The average Bonchev–Trinajstić information content (AvgIpc) is 3.24. The van der Waals surface area contributed by atoms with E-state index in [1.165, 1.54) is 11.1 Å². The number of hydrogen-bond donors (Lipinski definition) is 0. The molecule has 0 aliphatic carbocycles. The van der Waals surface area contributed by atoms with Crippen LogP contribution in [-0.2, 0) is 11.2 Å². The van der Waals surface area contributed by atoms with E-state index >= 15 is 0 Å². The van der Waals surface area contributed by atoms with E-state index in [1.807, 2.05) is 18.3 Å². The van der Waals surface area contributed by atoms with Crippen molar-refractivity contribution in [2.75, 3.05) is 6.61 Å². The first-order valence-electron chi connectivity index (χ1n) is 6.61. The second kappa shape index (κ2) is 5.37. The minimum atomic E-state index is 0.451. The number of aryl methyl sites for hydroxylation is 1. The lowest BCUT2D eigenvalue weighted by Crippen LogP contribution is -1.92. The first-order chi connectivity index (χ1) is 9.29. The Hall–Kier alpha value is -1.93. The van der Waals surface area contributed by atoms with E-state index < -0.39 is 0 Å². The molecule has 1 saturated heterocycles. The zero-order valence-corrected chi connectivity index (χ0v) is 11.0. The summed E-state index contributed by atoms with van der Waals surface area (Å²) in [5.41, 5.74) is 4.70. The molecule has 2 aromatic carbocycles. The topological polar surface area (TPSA) is 24.9 Å². The van der Waals surface area contributed by atoms with Crippen molar-refractivity contribution >= 4 is 11.9 Å². The van der Waals surface area contributed by atoms with Gasteiger partial charge in [0.25, 0.3) is 0 Å². The smallest absolute Gasteiger partial charge is 0.0850 e. The van der Waals surface area contributed by atoms with E-state index in [-0.39, 0.29) is 0 Å². The summed E-state index contributed by atoms with van der Waals surface area (Å²) in [5, 5.41) is 0. The van der Waals surface area contributed by atoms with Gasteiger partial charge in [-0.1, -0.05) is 42.0 Å². The largest absolute Gasteiger partial charge is 0.373 e. The molecule has 1 atom stereocenters. The number of ether oxygens (including phenoxy) is 1. The van der Waals surface area contributed by atoms with Gasteiger partial charge in [0.1, 0.15) is 0 Å². The third kappa shape index (κ3) is 3.52. The van der Waals surface area contributed by atoms with Crippen molar-refractivity contribution in [2.45, 2.75) is 19.4 Å². The fourth-order valence-electron chi connectivity index (χ4n) is 1.97. The zero-order chi connectivity index (χ0) is 13.1.